The predicted octanol–water partition coefficient (Wildman–Crippen LogP) is 6.32. The van der Waals surface area contributed by atoms with Crippen LogP contribution in [0.15, 0.2) is 70.1 Å². The molecule has 0 saturated carbocycles. The molecule has 1 nitrogen and oxygen atoms in total. The van der Waals surface area contributed by atoms with E-state index in [1.54, 1.807) is 0 Å². The first-order valence-electron chi connectivity index (χ1n) is 7.74. The summed E-state index contributed by atoms with van der Waals surface area (Å²) in [6.07, 6.45) is 2.22. The highest BCUT2D eigenvalue weighted by Crippen LogP contribution is 2.35. The molecule has 2 rings (SSSR count). The van der Waals surface area contributed by atoms with Crippen LogP contribution in [-0.2, 0) is 0 Å². The number of hydrogen-bond acceptors (Lipinski definition) is 2. The SMILES string of the molecule is C[Si](C)(C)/C(=C/CC(O)c1ccccc1Cl)Sc1ccccc1. The highest BCUT2D eigenvalue weighted by molar-refractivity contribution is 8.05. The van der Waals surface area contributed by atoms with Crippen molar-refractivity contribution in [3.05, 3.63) is 75.8 Å². The van der Waals surface area contributed by atoms with Gasteiger partial charge in [-0.15, -0.1) is 0 Å². The zero-order valence-corrected chi connectivity index (χ0v) is 16.4. The van der Waals surface area contributed by atoms with E-state index in [4.69, 9.17) is 11.6 Å². The zero-order chi connectivity index (χ0) is 16.9. The van der Waals surface area contributed by atoms with Gasteiger partial charge in [-0.1, -0.05) is 85.5 Å². The maximum atomic E-state index is 10.5. The molecule has 0 heterocycles. The fourth-order valence-electron chi connectivity index (χ4n) is 2.21. The molecule has 122 valence electrons. The summed E-state index contributed by atoms with van der Waals surface area (Å²) in [4.78, 5) is 1.24. The standard InChI is InChI=1S/C19H23ClOSSi/c1-23(2,3)19(22-15-9-5-4-6-10-15)14-13-18(21)16-11-7-8-12-17(16)20/h4-12,14,18,21H,13H2,1-3H3/b19-14+. The Labute approximate surface area is 149 Å². The van der Waals surface area contributed by atoms with E-state index in [0.717, 1.165) is 5.56 Å². The Bertz CT molecular complexity index is 665. The summed E-state index contributed by atoms with van der Waals surface area (Å²) in [5.74, 6) is 0. The van der Waals surface area contributed by atoms with Crippen LogP contribution in [0.1, 0.15) is 18.1 Å². The highest BCUT2D eigenvalue weighted by atomic mass is 35.5. The molecule has 0 aromatic heterocycles. The summed E-state index contributed by atoms with van der Waals surface area (Å²) in [5, 5.41) is 11.1. The third kappa shape index (κ3) is 5.54. The Morgan fingerprint density at radius 3 is 2.30 bits per heavy atom. The molecule has 0 fully saturated rings. The number of halogens is 1. The average molecular weight is 363 g/mol. The molecule has 0 aliphatic carbocycles. The first-order chi connectivity index (χ1) is 10.9. The molecular formula is C19H23ClOSSi. The monoisotopic (exact) mass is 362 g/mol. The van der Waals surface area contributed by atoms with E-state index in [1.807, 2.05) is 42.1 Å². The van der Waals surface area contributed by atoms with E-state index in [2.05, 4.69) is 50.0 Å². The smallest absolute Gasteiger partial charge is 0.0857 e. The molecule has 0 radical (unpaired) electrons. The van der Waals surface area contributed by atoms with Crippen molar-refractivity contribution < 1.29 is 5.11 Å². The Morgan fingerprint density at radius 2 is 1.70 bits per heavy atom. The highest BCUT2D eigenvalue weighted by Gasteiger charge is 2.21. The lowest BCUT2D eigenvalue weighted by atomic mass is 10.1. The Morgan fingerprint density at radius 1 is 1.09 bits per heavy atom. The molecule has 0 saturated heterocycles. The minimum absolute atomic E-state index is 0.563. The predicted molar refractivity (Wildman–Crippen MR) is 105 cm³/mol. The van der Waals surface area contributed by atoms with Crippen LogP contribution in [0.4, 0.5) is 0 Å². The molecule has 0 aliphatic heterocycles. The van der Waals surface area contributed by atoms with Gasteiger partial charge in [0.15, 0.2) is 0 Å². The van der Waals surface area contributed by atoms with Crippen molar-refractivity contribution in [3.8, 4) is 0 Å². The second-order valence-electron chi connectivity index (χ2n) is 6.51. The Kier molecular flexibility index (Phi) is 6.54. The molecule has 4 heteroatoms. The van der Waals surface area contributed by atoms with Gasteiger partial charge in [0.25, 0.3) is 0 Å². The molecule has 0 bridgehead atoms. The van der Waals surface area contributed by atoms with Gasteiger partial charge < -0.3 is 5.11 Å². The number of thioether (sulfide) groups is 1. The second-order valence-corrected chi connectivity index (χ2v) is 13.4. The van der Waals surface area contributed by atoms with Gasteiger partial charge in [-0.05, 0) is 34.7 Å². The summed E-state index contributed by atoms with van der Waals surface area (Å²) in [6, 6.07) is 17.9. The molecule has 2 aromatic rings. The summed E-state index contributed by atoms with van der Waals surface area (Å²) in [6.45, 7) is 6.99. The first-order valence-corrected chi connectivity index (χ1v) is 12.4. The summed E-state index contributed by atoms with van der Waals surface area (Å²) in [5.41, 5.74) is 0.796. The van der Waals surface area contributed by atoms with Gasteiger partial charge in [-0.3, -0.25) is 0 Å². The quantitative estimate of drug-likeness (QED) is 0.479. The first kappa shape index (κ1) is 18.3. The van der Waals surface area contributed by atoms with E-state index in [9.17, 15) is 5.11 Å². The van der Waals surface area contributed by atoms with Crippen LogP contribution in [0.3, 0.4) is 0 Å². The van der Waals surface area contributed by atoms with E-state index in [-0.39, 0.29) is 0 Å². The van der Waals surface area contributed by atoms with Crippen molar-refractivity contribution in [3.63, 3.8) is 0 Å². The largest absolute Gasteiger partial charge is 0.388 e. The van der Waals surface area contributed by atoms with E-state index < -0.39 is 14.2 Å². The van der Waals surface area contributed by atoms with Crippen LogP contribution in [-0.4, -0.2) is 13.2 Å². The van der Waals surface area contributed by atoms with Crippen LogP contribution in [0.2, 0.25) is 24.7 Å². The van der Waals surface area contributed by atoms with Crippen LogP contribution >= 0.6 is 23.4 Å². The molecule has 0 amide bonds. The lowest BCUT2D eigenvalue weighted by molar-refractivity contribution is 0.181. The number of rotatable bonds is 6. The van der Waals surface area contributed by atoms with E-state index in [1.165, 1.54) is 9.42 Å². The van der Waals surface area contributed by atoms with Gasteiger partial charge in [-0.2, -0.15) is 0 Å². The maximum absolute atomic E-state index is 10.5. The lowest BCUT2D eigenvalue weighted by Crippen LogP contribution is -2.22. The van der Waals surface area contributed by atoms with Crippen molar-refractivity contribution >= 4 is 31.4 Å². The summed E-state index contributed by atoms with van der Waals surface area (Å²) in [7, 11) is -1.47. The molecule has 0 spiro atoms. The molecular weight excluding hydrogens is 340 g/mol. The molecule has 1 unspecified atom stereocenters. The average Bonchev–Trinajstić information content (AvgIpc) is 2.51. The van der Waals surface area contributed by atoms with Gasteiger partial charge in [-0.25, -0.2) is 0 Å². The topological polar surface area (TPSA) is 20.2 Å². The van der Waals surface area contributed by atoms with E-state index in [0.29, 0.717) is 11.4 Å². The minimum Gasteiger partial charge on any atom is -0.388 e. The molecule has 2 aromatic carbocycles. The summed E-state index contributed by atoms with van der Waals surface area (Å²) >= 11 is 7.99. The third-order valence-electron chi connectivity index (χ3n) is 3.50. The summed E-state index contributed by atoms with van der Waals surface area (Å²) < 4.78 is 1.38. The van der Waals surface area contributed by atoms with Crippen molar-refractivity contribution in [1.29, 1.82) is 0 Å². The van der Waals surface area contributed by atoms with Gasteiger partial charge in [0.05, 0.1) is 14.2 Å². The molecule has 1 atom stereocenters. The van der Waals surface area contributed by atoms with Crippen molar-refractivity contribution in [2.75, 3.05) is 0 Å². The Balaban J connectivity index is 2.16. The van der Waals surface area contributed by atoms with E-state index >= 15 is 0 Å². The number of aliphatic hydroxyl groups excluding tert-OH is 1. The van der Waals surface area contributed by atoms with Crippen LogP contribution in [0.25, 0.3) is 0 Å². The van der Waals surface area contributed by atoms with Crippen molar-refractivity contribution in [2.24, 2.45) is 0 Å². The fraction of sp³-hybridized carbons (Fsp3) is 0.263. The second kappa shape index (κ2) is 8.20. The van der Waals surface area contributed by atoms with Gasteiger partial charge in [0, 0.05) is 9.92 Å². The van der Waals surface area contributed by atoms with Crippen LogP contribution in [0.5, 0.6) is 0 Å². The normalized spacial score (nSPS) is 13.9. The van der Waals surface area contributed by atoms with Gasteiger partial charge in [0.2, 0.25) is 0 Å². The van der Waals surface area contributed by atoms with Crippen LogP contribution in [0, 0.1) is 0 Å². The maximum Gasteiger partial charge on any atom is 0.0857 e. The van der Waals surface area contributed by atoms with Crippen molar-refractivity contribution in [1.82, 2.24) is 0 Å². The fourth-order valence-corrected chi connectivity index (χ4v) is 5.50. The number of hydrogen-bond donors (Lipinski definition) is 1. The molecule has 1 N–H and O–H groups in total. The van der Waals surface area contributed by atoms with Gasteiger partial charge in [0.1, 0.15) is 0 Å². The van der Waals surface area contributed by atoms with Crippen molar-refractivity contribution in [2.45, 2.75) is 37.1 Å². The number of benzene rings is 2. The lowest BCUT2D eigenvalue weighted by Gasteiger charge is -2.21. The molecule has 23 heavy (non-hydrogen) atoms. The zero-order valence-electron chi connectivity index (χ0n) is 13.8. The van der Waals surface area contributed by atoms with Gasteiger partial charge >= 0.3 is 0 Å². The minimum atomic E-state index is -1.47. The van der Waals surface area contributed by atoms with Crippen LogP contribution < -0.4 is 0 Å². The number of aliphatic hydroxyl groups is 1. The Hall–Kier alpha value is -1.00. The third-order valence-corrected chi connectivity index (χ3v) is 8.57. The molecule has 0 aliphatic rings.